The Balaban J connectivity index is -0.000000322. The van der Waals surface area contributed by atoms with Crippen LogP contribution in [0.4, 0.5) is 0 Å². The summed E-state index contributed by atoms with van der Waals surface area (Å²) in [6, 6.07) is 30.4. The van der Waals surface area contributed by atoms with Crippen LogP contribution in [0.25, 0.3) is 0 Å². The minimum absolute atomic E-state index is 0. The Labute approximate surface area is 414 Å². The van der Waals surface area contributed by atoms with Crippen LogP contribution in [0.3, 0.4) is 0 Å². The fourth-order valence-electron chi connectivity index (χ4n) is 3.48. The van der Waals surface area contributed by atoms with Crippen molar-refractivity contribution >= 4 is 82.1 Å². The zero-order valence-electron chi connectivity index (χ0n) is 32.1. The van der Waals surface area contributed by atoms with E-state index in [2.05, 4.69) is 9.97 Å². The van der Waals surface area contributed by atoms with Gasteiger partial charge in [-0.25, -0.2) is 0 Å². The number of amides is 2. The molecule has 0 radical (unpaired) electrons. The van der Waals surface area contributed by atoms with Crippen molar-refractivity contribution < 1.29 is 115 Å². The van der Waals surface area contributed by atoms with Crippen molar-refractivity contribution in [2.45, 2.75) is 0 Å². The predicted molar refractivity (Wildman–Crippen MR) is 218 cm³/mol. The summed E-state index contributed by atoms with van der Waals surface area (Å²) in [5, 5.41) is 42.4. The molecule has 10 N–H and O–H groups in total. The Hall–Kier alpha value is -5.08. The monoisotopic (exact) mass is 1130 g/mol. The first-order valence-corrected chi connectivity index (χ1v) is 17.2. The number of carboxylic acids is 4. The van der Waals surface area contributed by atoms with Gasteiger partial charge in [0.2, 0.25) is 11.8 Å². The van der Waals surface area contributed by atoms with Gasteiger partial charge in [0.25, 0.3) is 0 Å². The number of nitrogens with zero attached hydrogens (tertiary/aromatic N) is 2. The number of benzene rings is 4. The Morgan fingerprint density at radius 1 is 0.387 bits per heavy atom. The molecule has 0 fully saturated rings. The summed E-state index contributed by atoms with van der Waals surface area (Å²) in [5.74, 6) is -5.71. The van der Waals surface area contributed by atoms with Crippen LogP contribution in [0.15, 0.2) is 146 Å². The topological polar surface area (TPSA) is 338 Å². The van der Waals surface area contributed by atoms with E-state index < -0.39 is 35.7 Å². The second-order valence-corrected chi connectivity index (χ2v) is 12.1. The standard InChI is InChI=1S/4C7H5ClO2.2C6H6N2O.2Cd.2H2O/c4*8-6-3-1-2-5(4-6)7(9)10;2*7-6(9)5-2-1-3-8-4-5;;;;/h4*1-4H,(H,9,10);2*1-4H,(H2,7,9);;;2*1H2/q;;;;;;2*+2;;/p-2. The van der Waals surface area contributed by atoms with Gasteiger partial charge >= 0.3 is 54.6 Å². The fraction of sp³-hybridized carbons (Fsp3) is 0. The van der Waals surface area contributed by atoms with Crippen LogP contribution in [-0.2, 0) is 65.5 Å². The van der Waals surface area contributed by atoms with E-state index in [0.717, 1.165) is 0 Å². The number of rotatable bonds is 6. The maximum atomic E-state index is 10.4. The Morgan fingerprint density at radius 3 is 0.710 bits per heavy atom. The van der Waals surface area contributed by atoms with Gasteiger partial charge in [-0.2, -0.15) is 0 Å². The molecule has 0 atom stereocenters. The zero-order valence-corrected chi connectivity index (χ0v) is 43.2. The van der Waals surface area contributed by atoms with Gasteiger partial charge < -0.3 is 62.0 Å². The molecular formula is C40H34Cd2Cl4N4O12+2. The van der Waals surface area contributed by atoms with Crippen LogP contribution >= 0.6 is 46.4 Å². The minimum atomic E-state index is -1.21. The quantitative estimate of drug-likeness (QED) is 0.176. The third kappa shape index (κ3) is 28.5. The van der Waals surface area contributed by atoms with E-state index in [4.69, 9.17) is 57.9 Å². The van der Waals surface area contributed by atoms with E-state index >= 15 is 0 Å². The molecule has 0 aliphatic heterocycles. The number of aromatic nitrogens is 2. The Morgan fingerprint density at radius 2 is 0.597 bits per heavy atom. The van der Waals surface area contributed by atoms with Gasteiger partial charge in [0.05, 0.1) is 35.0 Å². The summed E-state index contributed by atoms with van der Waals surface area (Å²) in [5.41, 5.74) is 11.2. The number of carbonyl (C=O) groups is 6. The zero-order chi connectivity index (χ0) is 43.6. The Bertz CT molecular complexity index is 2030. The summed E-state index contributed by atoms with van der Waals surface area (Å²) >= 11 is 22.0. The molecule has 0 aliphatic carbocycles. The fourth-order valence-corrected chi connectivity index (χ4v) is 4.24. The van der Waals surface area contributed by atoms with Crippen LogP contribution < -0.4 is 31.9 Å². The average molecular weight is 1130 g/mol. The molecule has 16 nitrogen and oxygen atoms in total. The molecule has 0 saturated heterocycles. The molecule has 316 valence electrons. The van der Waals surface area contributed by atoms with Gasteiger partial charge in [0.1, 0.15) is 0 Å². The van der Waals surface area contributed by atoms with Crippen LogP contribution in [0.5, 0.6) is 0 Å². The smallest absolute Gasteiger partial charge is 0.545 e. The van der Waals surface area contributed by atoms with Gasteiger partial charge in [0.15, 0.2) is 0 Å². The van der Waals surface area contributed by atoms with Crippen LogP contribution in [-0.4, -0.2) is 45.7 Å². The van der Waals surface area contributed by atoms with E-state index in [9.17, 15) is 49.2 Å². The first kappa shape index (κ1) is 63.6. The number of pyridine rings is 2. The summed E-state index contributed by atoms with van der Waals surface area (Å²) < 4.78 is 0. The largest absolute Gasteiger partial charge is 2.00 e. The number of hydrogen-bond donors (Lipinski definition) is 2. The molecule has 0 saturated carbocycles. The number of carbonyl (C=O) groups excluding carboxylic acids is 6. The average Bonchev–Trinajstić information content (AvgIpc) is 3.20. The second-order valence-electron chi connectivity index (χ2n) is 10.4. The van der Waals surface area contributed by atoms with Crippen molar-refractivity contribution in [2.75, 3.05) is 0 Å². The van der Waals surface area contributed by atoms with Gasteiger partial charge in [-0.15, -0.1) is 0 Å². The Kier molecular flexibility index (Phi) is 36.4. The summed E-state index contributed by atoms with van der Waals surface area (Å²) in [6.07, 6.45) is 6.05. The number of hydrogen-bond acceptors (Lipinski definition) is 12. The molecular weight excluding hydrogens is 1100 g/mol. The van der Waals surface area contributed by atoms with Crippen molar-refractivity contribution in [3.63, 3.8) is 0 Å². The van der Waals surface area contributed by atoms with E-state index in [1.54, 1.807) is 85.2 Å². The van der Waals surface area contributed by atoms with E-state index in [0.29, 0.717) is 31.2 Å². The van der Waals surface area contributed by atoms with E-state index in [-0.39, 0.29) is 87.8 Å². The van der Waals surface area contributed by atoms with Crippen LogP contribution in [0.1, 0.15) is 62.1 Å². The summed E-state index contributed by atoms with van der Waals surface area (Å²) in [6.45, 7) is 0. The molecule has 0 bridgehead atoms. The normalized spacial score (nSPS) is 8.58. The third-order valence-corrected chi connectivity index (χ3v) is 7.07. The van der Waals surface area contributed by atoms with Gasteiger partial charge in [-0.3, -0.25) is 19.6 Å². The van der Waals surface area contributed by atoms with Crippen LogP contribution in [0.2, 0.25) is 20.1 Å². The maximum absolute atomic E-state index is 10.4. The molecule has 4 aromatic carbocycles. The third-order valence-electron chi connectivity index (χ3n) is 6.13. The first-order chi connectivity index (χ1) is 27.4. The number of carboxylic acid groups (broad SMARTS) is 4. The van der Waals surface area contributed by atoms with Crippen molar-refractivity contribution in [3.05, 3.63) is 200 Å². The van der Waals surface area contributed by atoms with E-state index in [1.165, 1.54) is 60.9 Å². The number of aromatic carboxylic acids is 4. The minimum Gasteiger partial charge on any atom is -0.545 e. The van der Waals surface area contributed by atoms with Crippen molar-refractivity contribution in [3.8, 4) is 0 Å². The predicted octanol–water partition coefficient (Wildman–Crippen LogP) is 1.33. The first-order valence-electron chi connectivity index (χ1n) is 15.7. The molecule has 2 aromatic heterocycles. The van der Waals surface area contributed by atoms with Crippen molar-refractivity contribution in [1.29, 1.82) is 0 Å². The molecule has 2 heterocycles. The maximum Gasteiger partial charge on any atom is 2.00 e. The SMILES string of the molecule is NC(=O)c1cccnc1.NC(=O)c1cccnc1.O=C([O-])c1cccc(Cl)c1.O=C([O-])c1cccc(Cl)c1.O=C([O-])c1cccc(Cl)c1.O=C([O-])c1cccc(Cl)c1.[Cd+2].[Cd+2].[OH3+].[OH3+]. The molecule has 6 aromatic rings. The molecule has 0 spiro atoms. The van der Waals surface area contributed by atoms with E-state index in [1.807, 2.05) is 0 Å². The molecule has 22 heteroatoms. The number of primary amides is 2. The van der Waals surface area contributed by atoms with Gasteiger partial charge in [0, 0.05) is 44.9 Å². The van der Waals surface area contributed by atoms with Crippen molar-refractivity contribution in [1.82, 2.24) is 9.97 Å². The number of nitrogens with two attached hydrogens (primary N) is 2. The second kappa shape index (κ2) is 35.5. The van der Waals surface area contributed by atoms with Gasteiger partial charge in [-0.1, -0.05) is 94.9 Å². The molecule has 0 aliphatic rings. The molecule has 6 rings (SSSR count). The molecule has 0 unspecified atom stereocenters. The van der Waals surface area contributed by atoms with Crippen LogP contribution in [0, 0.1) is 0 Å². The van der Waals surface area contributed by atoms with Crippen molar-refractivity contribution in [2.24, 2.45) is 11.5 Å². The molecule has 2 amide bonds. The molecule has 62 heavy (non-hydrogen) atoms. The number of halogens is 4. The van der Waals surface area contributed by atoms with Gasteiger partial charge in [-0.05, 0) is 95.1 Å². The summed E-state index contributed by atoms with van der Waals surface area (Å²) in [7, 11) is 0. The summed E-state index contributed by atoms with van der Waals surface area (Å²) in [4.78, 5) is 68.9.